The lowest BCUT2D eigenvalue weighted by Crippen LogP contribution is -2.34. The number of nitrogens with zero attached hydrogens (tertiary/aromatic N) is 1. The van der Waals surface area contributed by atoms with Crippen LogP contribution in [0.15, 0.2) is 11.1 Å². The molecule has 2 N–H and O–H groups in total. The van der Waals surface area contributed by atoms with Gasteiger partial charge in [-0.3, -0.25) is 9.59 Å². The Labute approximate surface area is 113 Å². The molecule has 0 bridgehead atoms. The number of aliphatic carboxylic acids is 1. The van der Waals surface area contributed by atoms with Crippen LogP contribution in [0.3, 0.4) is 0 Å². The molecule has 0 radical (unpaired) electrons. The Morgan fingerprint density at radius 3 is 2.00 bits per heavy atom. The normalized spacial score (nSPS) is 11.6. The van der Waals surface area contributed by atoms with Gasteiger partial charge in [0.15, 0.2) is 0 Å². The van der Waals surface area contributed by atoms with E-state index in [0.29, 0.717) is 13.1 Å². The minimum atomic E-state index is -1.12. The summed E-state index contributed by atoms with van der Waals surface area (Å²) in [6.07, 6.45) is 0.215. The second-order valence-corrected chi connectivity index (χ2v) is 4.13. The molecule has 0 spiro atoms. The van der Waals surface area contributed by atoms with Gasteiger partial charge in [0.25, 0.3) is 0 Å². The van der Waals surface area contributed by atoms with Gasteiger partial charge in [-0.25, -0.2) is 4.79 Å². The number of rotatable bonds is 7. The van der Waals surface area contributed by atoms with Crippen LogP contribution in [0, 0.1) is 0 Å². The SMILES string of the molecule is CCN(CC)C(=O)CCNC(=O)C(C)=C(C)C(=O)O. The minimum absolute atomic E-state index is 0.00701. The quantitative estimate of drug-likeness (QED) is 0.669. The molecule has 108 valence electrons. The number of carbonyl (C=O) groups is 3. The summed E-state index contributed by atoms with van der Waals surface area (Å²) in [5, 5.41) is 11.3. The molecule has 0 aromatic heterocycles. The maximum absolute atomic E-state index is 11.7. The highest BCUT2D eigenvalue weighted by Crippen LogP contribution is 2.03. The average molecular weight is 270 g/mol. The van der Waals surface area contributed by atoms with Gasteiger partial charge < -0.3 is 15.3 Å². The summed E-state index contributed by atoms with van der Waals surface area (Å²) in [5.41, 5.74) is 0.162. The molecule has 0 aliphatic carbocycles. The Morgan fingerprint density at radius 1 is 1.05 bits per heavy atom. The van der Waals surface area contributed by atoms with Crippen molar-refractivity contribution in [1.82, 2.24) is 10.2 Å². The molecule has 0 aromatic carbocycles. The standard InChI is InChI=1S/C13H22N2O4/c1-5-15(6-2)11(16)7-8-14-12(17)9(3)10(4)13(18)19/h5-8H2,1-4H3,(H,14,17)(H,18,19). The van der Waals surface area contributed by atoms with Crippen LogP contribution < -0.4 is 5.32 Å². The molecule has 2 amide bonds. The Balaban J connectivity index is 4.30. The van der Waals surface area contributed by atoms with Crippen molar-refractivity contribution in [2.75, 3.05) is 19.6 Å². The van der Waals surface area contributed by atoms with Crippen molar-refractivity contribution in [1.29, 1.82) is 0 Å². The molecule has 0 aliphatic rings. The van der Waals surface area contributed by atoms with Crippen LogP contribution in [0.2, 0.25) is 0 Å². The van der Waals surface area contributed by atoms with Crippen LogP contribution in [0.1, 0.15) is 34.1 Å². The lowest BCUT2D eigenvalue weighted by atomic mass is 10.1. The fourth-order valence-electron chi connectivity index (χ4n) is 1.48. The van der Waals surface area contributed by atoms with Gasteiger partial charge in [0.1, 0.15) is 0 Å². The summed E-state index contributed by atoms with van der Waals surface area (Å²) in [5.74, 6) is -1.60. The Bertz CT molecular complexity index is 384. The monoisotopic (exact) mass is 270 g/mol. The summed E-state index contributed by atoms with van der Waals surface area (Å²) >= 11 is 0. The van der Waals surface area contributed by atoms with Crippen LogP contribution in [-0.2, 0) is 14.4 Å². The number of carboxylic acid groups (broad SMARTS) is 1. The molecule has 0 aliphatic heterocycles. The highest BCUT2D eigenvalue weighted by molar-refractivity contribution is 6.01. The fraction of sp³-hybridized carbons (Fsp3) is 0.615. The molecule has 19 heavy (non-hydrogen) atoms. The number of nitrogens with one attached hydrogen (secondary N) is 1. The van der Waals surface area contributed by atoms with E-state index in [1.54, 1.807) is 4.90 Å². The molecule has 0 rings (SSSR count). The van der Waals surface area contributed by atoms with Crippen molar-refractivity contribution < 1.29 is 19.5 Å². The van der Waals surface area contributed by atoms with Gasteiger partial charge in [0.05, 0.1) is 0 Å². The van der Waals surface area contributed by atoms with Crippen molar-refractivity contribution in [3.8, 4) is 0 Å². The minimum Gasteiger partial charge on any atom is -0.478 e. The molecule has 0 saturated heterocycles. The van der Waals surface area contributed by atoms with Gasteiger partial charge in [0, 0.05) is 37.2 Å². The van der Waals surface area contributed by atoms with Crippen LogP contribution in [0.4, 0.5) is 0 Å². The van der Waals surface area contributed by atoms with Crippen LogP contribution in [0.5, 0.6) is 0 Å². The van der Waals surface area contributed by atoms with E-state index in [1.807, 2.05) is 13.8 Å². The first kappa shape index (κ1) is 17.2. The van der Waals surface area contributed by atoms with Crippen molar-refractivity contribution in [3.63, 3.8) is 0 Å². The maximum atomic E-state index is 11.7. The van der Waals surface area contributed by atoms with E-state index >= 15 is 0 Å². The molecule has 6 heteroatoms. The summed E-state index contributed by atoms with van der Waals surface area (Å²) in [7, 11) is 0. The summed E-state index contributed by atoms with van der Waals surface area (Å²) in [6, 6.07) is 0. The summed E-state index contributed by atoms with van der Waals surface area (Å²) in [4.78, 5) is 35.7. The van der Waals surface area contributed by atoms with E-state index in [-0.39, 0.29) is 30.0 Å². The lowest BCUT2D eigenvalue weighted by Gasteiger charge is -2.18. The van der Waals surface area contributed by atoms with Gasteiger partial charge in [-0.05, 0) is 27.7 Å². The zero-order valence-corrected chi connectivity index (χ0v) is 11.9. The smallest absolute Gasteiger partial charge is 0.331 e. The largest absolute Gasteiger partial charge is 0.478 e. The molecule has 0 atom stereocenters. The molecular weight excluding hydrogens is 248 g/mol. The van der Waals surface area contributed by atoms with Gasteiger partial charge in [0.2, 0.25) is 11.8 Å². The van der Waals surface area contributed by atoms with E-state index in [4.69, 9.17) is 5.11 Å². The number of carbonyl (C=O) groups excluding carboxylic acids is 2. The van der Waals surface area contributed by atoms with E-state index in [2.05, 4.69) is 5.32 Å². The van der Waals surface area contributed by atoms with Crippen LogP contribution >= 0.6 is 0 Å². The molecule has 0 unspecified atom stereocenters. The second kappa shape index (κ2) is 8.29. The third kappa shape index (κ3) is 5.54. The first-order chi connectivity index (χ1) is 8.84. The van der Waals surface area contributed by atoms with Crippen molar-refractivity contribution >= 4 is 17.8 Å². The predicted octanol–water partition coefficient (Wildman–Crippen LogP) is 0.782. The first-order valence-corrected chi connectivity index (χ1v) is 6.31. The van der Waals surface area contributed by atoms with Crippen LogP contribution in [-0.4, -0.2) is 47.4 Å². The zero-order chi connectivity index (χ0) is 15.0. The van der Waals surface area contributed by atoms with Gasteiger partial charge in [-0.15, -0.1) is 0 Å². The number of hydrogen-bond acceptors (Lipinski definition) is 3. The van der Waals surface area contributed by atoms with E-state index in [9.17, 15) is 14.4 Å². The van der Waals surface area contributed by atoms with E-state index in [0.717, 1.165) is 0 Å². The van der Waals surface area contributed by atoms with Gasteiger partial charge >= 0.3 is 5.97 Å². The molecule has 6 nitrogen and oxygen atoms in total. The van der Waals surface area contributed by atoms with Crippen molar-refractivity contribution in [3.05, 3.63) is 11.1 Å². The number of carboxylic acids is 1. The predicted molar refractivity (Wildman–Crippen MR) is 71.6 cm³/mol. The summed E-state index contributed by atoms with van der Waals surface area (Å²) < 4.78 is 0. The Hall–Kier alpha value is -1.85. The molecule has 0 aromatic rings. The highest BCUT2D eigenvalue weighted by Gasteiger charge is 2.13. The zero-order valence-electron chi connectivity index (χ0n) is 11.9. The van der Waals surface area contributed by atoms with Gasteiger partial charge in [-0.2, -0.15) is 0 Å². The first-order valence-electron chi connectivity index (χ1n) is 6.31. The number of amides is 2. The molecule has 0 heterocycles. The fourth-order valence-corrected chi connectivity index (χ4v) is 1.48. The van der Waals surface area contributed by atoms with Crippen LogP contribution in [0.25, 0.3) is 0 Å². The van der Waals surface area contributed by atoms with E-state index in [1.165, 1.54) is 13.8 Å². The lowest BCUT2D eigenvalue weighted by molar-refractivity contribution is -0.133. The van der Waals surface area contributed by atoms with Gasteiger partial charge in [-0.1, -0.05) is 0 Å². The molecular formula is C13H22N2O4. The van der Waals surface area contributed by atoms with Crippen molar-refractivity contribution in [2.45, 2.75) is 34.1 Å². The molecule has 0 fully saturated rings. The second-order valence-electron chi connectivity index (χ2n) is 4.13. The topological polar surface area (TPSA) is 86.7 Å². The Kier molecular flexibility index (Phi) is 7.48. The highest BCUT2D eigenvalue weighted by atomic mass is 16.4. The maximum Gasteiger partial charge on any atom is 0.331 e. The summed E-state index contributed by atoms with van der Waals surface area (Å²) in [6.45, 7) is 8.09. The Morgan fingerprint density at radius 2 is 1.58 bits per heavy atom. The van der Waals surface area contributed by atoms with Crippen molar-refractivity contribution in [2.24, 2.45) is 0 Å². The molecule has 0 saturated carbocycles. The third-order valence-electron chi connectivity index (χ3n) is 2.96. The third-order valence-corrected chi connectivity index (χ3v) is 2.96. The number of hydrogen-bond donors (Lipinski definition) is 2. The van der Waals surface area contributed by atoms with E-state index < -0.39 is 11.9 Å². The average Bonchev–Trinajstić information content (AvgIpc) is 2.38.